The fourth-order valence-corrected chi connectivity index (χ4v) is 5.36. The molecule has 3 aromatic rings. The standard InChI is InChI=1S/C31H33F3N4O4/c32-31(33,34)24-6-8-26(9-7-24)38-17-13-27(14-18-38)42-28-10-5-23(19-35-28)29(39)36-25-11-15-37(16-12-25)20-21-1-3-22(4-2-21)30(40)41/h1-10,19,25,27H,11-18,20H2,(H,36,39)(H,40,41). The number of carbonyl (C=O) groups is 2. The Hall–Kier alpha value is -4.12. The van der Waals surface area contributed by atoms with Gasteiger partial charge in [-0.3, -0.25) is 9.69 Å². The number of ether oxygens (including phenoxy) is 1. The van der Waals surface area contributed by atoms with Gasteiger partial charge in [0.05, 0.1) is 16.7 Å². The molecule has 2 aliphatic rings. The monoisotopic (exact) mass is 582 g/mol. The number of benzene rings is 2. The molecule has 2 saturated heterocycles. The molecule has 3 heterocycles. The molecule has 222 valence electrons. The molecule has 42 heavy (non-hydrogen) atoms. The highest BCUT2D eigenvalue weighted by atomic mass is 19.4. The summed E-state index contributed by atoms with van der Waals surface area (Å²) in [6, 6.07) is 15.6. The van der Waals surface area contributed by atoms with Gasteiger partial charge in [0.25, 0.3) is 5.91 Å². The van der Waals surface area contributed by atoms with Crippen molar-refractivity contribution in [2.75, 3.05) is 31.1 Å². The lowest BCUT2D eigenvalue weighted by atomic mass is 10.0. The van der Waals surface area contributed by atoms with Crippen LogP contribution >= 0.6 is 0 Å². The Balaban J connectivity index is 1.03. The van der Waals surface area contributed by atoms with Gasteiger partial charge in [-0.15, -0.1) is 0 Å². The van der Waals surface area contributed by atoms with E-state index < -0.39 is 17.7 Å². The molecule has 0 unspecified atom stereocenters. The Labute approximate surface area is 242 Å². The van der Waals surface area contributed by atoms with Crippen LogP contribution in [0.4, 0.5) is 18.9 Å². The predicted molar refractivity (Wildman–Crippen MR) is 151 cm³/mol. The van der Waals surface area contributed by atoms with Gasteiger partial charge in [-0.05, 0) is 60.9 Å². The van der Waals surface area contributed by atoms with Gasteiger partial charge in [0.2, 0.25) is 5.88 Å². The molecular weight excluding hydrogens is 549 g/mol. The minimum atomic E-state index is -4.34. The first-order chi connectivity index (χ1) is 20.1. The van der Waals surface area contributed by atoms with Crippen LogP contribution in [-0.2, 0) is 12.7 Å². The zero-order valence-corrected chi connectivity index (χ0v) is 23.0. The van der Waals surface area contributed by atoms with Gasteiger partial charge >= 0.3 is 12.1 Å². The molecule has 11 heteroatoms. The van der Waals surface area contributed by atoms with E-state index in [0.29, 0.717) is 37.4 Å². The van der Waals surface area contributed by atoms with Gasteiger partial charge in [-0.2, -0.15) is 13.2 Å². The molecule has 1 aromatic heterocycles. The quantitative estimate of drug-likeness (QED) is 0.375. The number of carboxylic acids is 1. The maximum absolute atomic E-state index is 12.8. The number of likely N-dealkylation sites (tertiary alicyclic amines) is 1. The van der Waals surface area contributed by atoms with Crippen molar-refractivity contribution in [3.63, 3.8) is 0 Å². The maximum atomic E-state index is 12.8. The number of hydrogen-bond acceptors (Lipinski definition) is 6. The lowest BCUT2D eigenvalue weighted by Crippen LogP contribution is -2.44. The van der Waals surface area contributed by atoms with Crippen molar-refractivity contribution in [3.05, 3.63) is 89.1 Å². The number of carbonyl (C=O) groups excluding carboxylic acids is 1. The van der Waals surface area contributed by atoms with Crippen molar-refractivity contribution in [1.82, 2.24) is 15.2 Å². The number of amides is 1. The van der Waals surface area contributed by atoms with E-state index in [2.05, 4.69) is 15.2 Å². The highest BCUT2D eigenvalue weighted by Gasteiger charge is 2.30. The number of nitrogens with zero attached hydrogens (tertiary/aromatic N) is 3. The predicted octanol–water partition coefficient (Wildman–Crippen LogP) is 5.24. The average Bonchev–Trinajstić information content (AvgIpc) is 2.99. The van der Waals surface area contributed by atoms with Gasteiger partial charge in [0, 0.05) is 69.6 Å². The summed E-state index contributed by atoms with van der Waals surface area (Å²) in [4.78, 5) is 32.5. The van der Waals surface area contributed by atoms with Gasteiger partial charge in [-0.1, -0.05) is 12.1 Å². The molecule has 0 radical (unpaired) electrons. The van der Waals surface area contributed by atoms with Crippen LogP contribution in [-0.4, -0.2) is 65.2 Å². The number of nitrogens with one attached hydrogen (secondary N) is 1. The number of alkyl halides is 3. The summed E-state index contributed by atoms with van der Waals surface area (Å²) in [6.07, 6.45) is 0.148. The van der Waals surface area contributed by atoms with Crippen LogP contribution in [0.5, 0.6) is 5.88 Å². The summed E-state index contributed by atoms with van der Waals surface area (Å²) in [6.45, 7) is 3.71. The highest BCUT2D eigenvalue weighted by molar-refractivity contribution is 5.94. The van der Waals surface area contributed by atoms with Crippen molar-refractivity contribution < 1.29 is 32.6 Å². The summed E-state index contributed by atoms with van der Waals surface area (Å²) >= 11 is 0. The smallest absolute Gasteiger partial charge is 0.416 e. The summed E-state index contributed by atoms with van der Waals surface area (Å²) in [7, 11) is 0. The van der Waals surface area contributed by atoms with Crippen molar-refractivity contribution in [2.24, 2.45) is 0 Å². The SMILES string of the molecule is O=C(O)c1ccc(CN2CCC(NC(=O)c3ccc(OC4CCN(c5ccc(C(F)(F)F)cc5)CC4)nc3)CC2)cc1. The molecule has 2 aromatic carbocycles. The number of carboxylic acid groups (broad SMARTS) is 1. The number of piperidine rings is 2. The molecule has 1 amide bonds. The van der Waals surface area contributed by atoms with E-state index in [-0.39, 0.29) is 23.6 Å². The maximum Gasteiger partial charge on any atom is 0.416 e. The summed E-state index contributed by atoms with van der Waals surface area (Å²) in [5.74, 6) is -0.681. The molecule has 2 fully saturated rings. The van der Waals surface area contributed by atoms with Gasteiger partial charge in [0.1, 0.15) is 6.10 Å². The molecule has 0 bridgehead atoms. The Kier molecular flexibility index (Phi) is 8.96. The second-order valence-electron chi connectivity index (χ2n) is 10.8. The lowest BCUT2D eigenvalue weighted by Gasteiger charge is -2.33. The molecule has 2 N–H and O–H groups in total. The normalized spacial score (nSPS) is 17.2. The van der Waals surface area contributed by atoms with Crippen molar-refractivity contribution in [3.8, 4) is 5.88 Å². The fraction of sp³-hybridized carbons (Fsp3) is 0.387. The van der Waals surface area contributed by atoms with E-state index in [0.717, 1.165) is 55.9 Å². The van der Waals surface area contributed by atoms with E-state index in [4.69, 9.17) is 9.84 Å². The number of aromatic nitrogens is 1. The third-order valence-electron chi connectivity index (χ3n) is 7.82. The Bertz CT molecular complexity index is 1350. The van der Waals surface area contributed by atoms with Crippen LogP contribution < -0.4 is 15.0 Å². The average molecular weight is 583 g/mol. The second kappa shape index (κ2) is 12.8. The van der Waals surface area contributed by atoms with E-state index in [1.54, 1.807) is 24.3 Å². The van der Waals surface area contributed by atoms with Crippen LogP contribution in [0.25, 0.3) is 0 Å². The van der Waals surface area contributed by atoms with Crippen molar-refractivity contribution in [2.45, 2.75) is 50.6 Å². The minimum absolute atomic E-state index is 0.0638. The number of aromatic carboxylic acids is 1. The molecule has 2 aliphatic heterocycles. The Morgan fingerprint density at radius 1 is 0.881 bits per heavy atom. The van der Waals surface area contributed by atoms with Crippen molar-refractivity contribution in [1.29, 1.82) is 0 Å². The summed E-state index contributed by atoms with van der Waals surface area (Å²) in [5, 5.41) is 12.1. The van der Waals surface area contributed by atoms with E-state index in [1.165, 1.54) is 18.3 Å². The molecule has 0 saturated carbocycles. The van der Waals surface area contributed by atoms with Crippen LogP contribution in [0.15, 0.2) is 66.9 Å². The van der Waals surface area contributed by atoms with E-state index >= 15 is 0 Å². The number of halogens is 3. The zero-order chi connectivity index (χ0) is 29.7. The largest absolute Gasteiger partial charge is 0.478 e. The minimum Gasteiger partial charge on any atom is -0.478 e. The third-order valence-corrected chi connectivity index (χ3v) is 7.82. The first-order valence-electron chi connectivity index (χ1n) is 14.0. The Morgan fingerprint density at radius 3 is 2.10 bits per heavy atom. The number of pyridine rings is 1. The van der Waals surface area contributed by atoms with Crippen LogP contribution in [0.2, 0.25) is 0 Å². The van der Waals surface area contributed by atoms with Crippen LogP contribution in [0.3, 0.4) is 0 Å². The first-order valence-corrected chi connectivity index (χ1v) is 14.0. The lowest BCUT2D eigenvalue weighted by molar-refractivity contribution is -0.137. The molecule has 5 rings (SSSR count). The third kappa shape index (κ3) is 7.58. The molecule has 0 spiro atoms. The molecular formula is C31H33F3N4O4. The summed E-state index contributed by atoms with van der Waals surface area (Å²) < 4.78 is 44.5. The zero-order valence-electron chi connectivity index (χ0n) is 23.0. The van der Waals surface area contributed by atoms with E-state index in [1.807, 2.05) is 17.0 Å². The highest BCUT2D eigenvalue weighted by Crippen LogP contribution is 2.31. The number of hydrogen-bond donors (Lipinski definition) is 2. The first kappa shape index (κ1) is 29.4. The second-order valence-corrected chi connectivity index (χ2v) is 10.8. The Morgan fingerprint density at radius 2 is 1.52 bits per heavy atom. The summed E-state index contributed by atoms with van der Waals surface area (Å²) in [5.41, 5.74) is 1.89. The fourth-order valence-electron chi connectivity index (χ4n) is 5.36. The van der Waals surface area contributed by atoms with Gasteiger partial charge in [-0.25, -0.2) is 9.78 Å². The van der Waals surface area contributed by atoms with Crippen LogP contribution in [0, 0.1) is 0 Å². The number of rotatable bonds is 8. The molecule has 0 atom stereocenters. The topological polar surface area (TPSA) is 95.0 Å². The molecule has 8 nitrogen and oxygen atoms in total. The van der Waals surface area contributed by atoms with Crippen LogP contribution in [0.1, 0.15) is 57.5 Å². The van der Waals surface area contributed by atoms with Crippen molar-refractivity contribution >= 4 is 17.6 Å². The van der Waals surface area contributed by atoms with Gasteiger partial charge in [0.15, 0.2) is 0 Å². The number of anilines is 1. The molecule has 0 aliphatic carbocycles. The van der Waals surface area contributed by atoms with Gasteiger partial charge < -0.3 is 20.1 Å². The van der Waals surface area contributed by atoms with E-state index in [9.17, 15) is 22.8 Å².